The molecular weight excluding hydrogens is 549 g/mol. The Hall–Kier alpha value is -4.28. The smallest absolute Gasteiger partial charge is 0.338 e. The molecule has 0 radical (unpaired) electrons. The van der Waals surface area contributed by atoms with Crippen LogP contribution in [-0.2, 0) is 24.3 Å². The first-order valence-corrected chi connectivity index (χ1v) is 11.6. The molecule has 0 spiro atoms. The van der Waals surface area contributed by atoms with Crippen LogP contribution >= 0.6 is 0 Å². The van der Waals surface area contributed by atoms with Gasteiger partial charge in [-0.25, -0.2) is 13.2 Å². The molecule has 208 valence electrons. The third kappa shape index (κ3) is 5.98. The molecule has 0 unspecified atom stereocenters. The quantitative estimate of drug-likeness (QED) is 0.185. The Labute approximate surface area is 222 Å². The molecule has 0 aliphatic carbocycles. The van der Waals surface area contributed by atoms with E-state index in [0.29, 0.717) is 17.7 Å². The van der Waals surface area contributed by atoms with Crippen molar-refractivity contribution in [1.82, 2.24) is 5.32 Å². The molecular formula is C29H18F9NO. The Balaban J connectivity index is 2.02. The van der Waals surface area contributed by atoms with E-state index in [1.807, 2.05) is 0 Å². The molecule has 4 aromatic carbocycles. The zero-order valence-electron chi connectivity index (χ0n) is 20.2. The maximum atomic E-state index is 14.6. The average Bonchev–Trinajstić information content (AvgIpc) is 2.90. The Kier molecular flexibility index (Phi) is 7.69. The van der Waals surface area contributed by atoms with Gasteiger partial charge in [-0.05, 0) is 47.0 Å². The zero-order valence-corrected chi connectivity index (χ0v) is 20.2. The molecule has 40 heavy (non-hydrogen) atoms. The number of amides is 1. The molecule has 4 rings (SSSR count). The highest BCUT2D eigenvalue weighted by Gasteiger charge is 2.41. The second kappa shape index (κ2) is 10.7. The van der Waals surface area contributed by atoms with Gasteiger partial charge in [0.25, 0.3) is 5.91 Å². The minimum absolute atomic E-state index is 0.109. The van der Waals surface area contributed by atoms with Gasteiger partial charge in [-0.1, -0.05) is 54.6 Å². The molecule has 2 nitrogen and oxygen atoms in total. The van der Waals surface area contributed by atoms with E-state index in [2.05, 4.69) is 5.32 Å². The molecule has 0 heterocycles. The van der Waals surface area contributed by atoms with E-state index >= 15 is 0 Å². The molecule has 0 fully saturated rings. The summed E-state index contributed by atoms with van der Waals surface area (Å²) in [7, 11) is 0. The summed E-state index contributed by atoms with van der Waals surface area (Å²) < 4.78 is 124. The van der Waals surface area contributed by atoms with Gasteiger partial charge in [0.2, 0.25) is 0 Å². The van der Waals surface area contributed by atoms with Gasteiger partial charge in [0.15, 0.2) is 11.6 Å². The number of alkyl halides is 6. The highest BCUT2D eigenvalue weighted by molar-refractivity contribution is 5.95. The van der Waals surface area contributed by atoms with E-state index in [9.17, 15) is 44.3 Å². The van der Waals surface area contributed by atoms with Crippen molar-refractivity contribution < 1.29 is 44.3 Å². The van der Waals surface area contributed by atoms with Gasteiger partial charge < -0.3 is 5.32 Å². The second-order valence-electron chi connectivity index (χ2n) is 8.93. The summed E-state index contributed by atoms with van der Waals surface area (Å²) in [5, 5.41) is 2.37. The average molecular weight is 567 g/mol. The molecule has 0 atom stereocenters. The number of benzene rings is 4. The predicted molar refractivity (Wildman–Crippen MR) is 128 cm³/mol. The predicted octanol–water partition coefficient (Wildman–Crippen LogP) is 8.06. The van der Waals surface area contributed by atoms with E-state index in [-0.39, 0.29) is 23.3 Å². The Morgan fingerprint density at radius 3 is 1.55 bits per heavy atom. The van der Waals surface area contributed by atoms with Crippen molar-refractivity contribution >= 4 is 5.91 Å². The zero-order chi connectivity index (χ0) is 29.3. The first-order chi connectivity index (χ1) is 18.7. The third-order valence-electron chi connectivity index (χ3n) is 6.26. The third-order valence-corrected chi connectivity index (χ3v) is 6.26. The second-order valence-corrected chi connectivity index (χ2v) is 8.93. The van der Waals surface area contributed by atoms with Gasteiger partial charge in [-0.3, -0.25) is 4.79 Å². The lowest BCUT2D eigenvalue weighted by Crippen LogP contribution is -2.49. The maximum absolute atomic E-state index is 14.6. The van der Waals surface area contributed by atoms with E-state index in [1.54, 1.807) is 18.2 Å². The normalized spacial score (nSPS) is 12.3. The van der Waals surface area contributed by atoms with Crippen LogP contribution in [0, 0.1) is 17.5 Å². The van der Waals surface area contributed by atoms with Crippen molar-refractivity contribution in [3.8, 4) is 0 Å². The fraction of sp³-hybridized carbons (Fsp3) is 0.138. The standard InChI is InChI=1S/C29H18F9NO/c30-23-15-25(32)24(31)14-22(23)26(40)39-27(16-17-6-2-1-3-7-17,18-8-4-10-20(12-18)28(33,34)35)19-9-5-11-21(13-19)29(36,37)38/h1-15H,16H2,(H,39,40). The van der Waals surface area contributed by atoms with Crippen LogP contribution in [0.1, 0.15) is 38.2 Å². The van der Waals surface area contributed by atoms with Gasteiger partial charge in [0.1, 0.15) is 5.82 Å². The van der Waals surface area contributed by atoms with Crippen LogP contribution in [0.3, 0.4) is 0 Å². The highest BCUT2D eigenvalue weighted by Crippen LogP contribution is 2.40. The number of hydrogen-bond donors (Lipinski definition) is 1. The minimum atomic E-state index is -4.86. The lowest BCUT2D eigenvalue weighted by molar-refractivity contribution is -0.138. The van der Waals surface area contributed by atoms with E-state index in [0.717, 1.165) is 24.3 Å². The van der Waals surface area contributed by atoms with Crippen LogP contribution < -0.4 is 5.32 Å². The number of hydrogen-bond acceptors (Lipinski definition) is 1. The molecule has 0 aromatic heterocycles. The van der Waals surface area contributed by atoms with E-state index in [1.165, 1.54) is 24.3 Å². The molecule has 4 aromatic rings. The first-order valence-electron chi connectivity index (χ1n) is 11.6. The maximum Gasteiger partial charge on any atom is 0.416 e. The number of carbonyl (C=O) groups excluding carboxylic acids is 1. The van der Waals surface area contributed by atoms with Crippen molar-refractivity contribution in [2.24, 2.45) is 0 Å². The summed E-state index contributed by atoms with van der Waals surface area (Å²) in [6.45, 7) is 0. The van der Waals surface area contributed by atoms with Crippen LogP contribution in [0.5, 0.6) is 0 Å². The fourth-order valence-corrected chi connectivity index (χ4v) is 4.34. The molecule has 0 aliphatic rings. The lowest BCUT2D eigenvalue weighted by Gasteiger charge is -2.37. The van der Waals surface area contributed by atoms with Gasteiger partial charge in [0.05, 0.1) is 22.2 Å². The SMILES string of the molecule is O=C(NC(Cc1ccccc1)(c1cccc(C(F)(F)F)c1)c1cccc(C(F)(F)F)c1)c1cc(F)c(F)cc1F. The van der Waals surface area contributed by atoms with Crippen molar-refractivity contribution in [2.75, 3.05) is 0 Å². The van der Waals surface area contributed by atoms with Crippen molar-refractivity contribution in [1.29, 1.82) is 0 Å². The summed E-state index contributed by atoms with van der Waals surface area (Å²) in [5.74, 6) is -6.07. The van der Waals surface area contributed by atoms with Gasteiger partial charge in [0, 0.05) is 12.5 Å². The van der Waals surface area contributed by atoms with Crippen LogP contribution in [0.15, 0.2) is 91.0 Å². The Morgan fingerprint density at radius 2 is 1.05 bits per heavy atom. The molecule has 0 aliphatic heterocycles. The topological polar surface area (TPSA) is 29.1 Å². The van der Waals surface area contributed by atoms with Crippen molar-refractivity contribution in [2.45, 2.75) is 24.3 Å². The number of carbonyl (C=O) groups is 1. The van der Waals surface area contributed by atoms with Gasteiger partial charge in [-0.15, -0.1) is 0 Å². The van der Waals surface area contributed by atoms with Gasteiger partial charge >= 0.3 is 12.4 Å². The molecule has 11 heteroatoms. The summed E-state index contributed by atoms with van der Waals surface area (Å²) in [4.78, 5) is 13.4. The van der Waals surface area contributed by atoms with Crippen LogP contribution in [0.2, 0.25) is 0 Å². The van der Waals surface area contributed by atoms with Crippen LogP contribution in [0.4, 0.5) is 39.5 Å². The van der Waals surface area contributed by atoms with Gasteiger partial charge in [-0.2, -0.15) is 26.3 Å². The molecule has 0 saturated carbocycles. The van der Waals surface area contributed by atoms with E-state index < -0.39 is 64.4 Å². The van der Waals surface area contributed by atoms with E-state index in [4.69, 9.17) is 0 Å². The number of nitrogens with one attached hydrogen (secondary N) is 1. The Bertz CT molecular complexity index is 1470. The highest BCUT2D eigenvalue weighted by atomic mass is 19.4. The Morgan fingerprint density at radius 1 is 0.575 bits per heavy atom. The fourth-order valence-electron chi connectivity index (χ4n) is 4.34. The van der Waals surface area contributed by atoms with Crippen LogP contribution in [-0.4, -0.2) is 5.91 Å². The largest absolute Gasteiger partial charge is 0.416 e. The monoisotopic (exact) mass is 567 g/mol. The number of halogens is 9. The molecule has 1 amide bonds. The summed E-state index contributed by atoms with van der Waals surface area (Å²) >= 11 is 0. The lowest BCUT2D eigenvalue weighted by atomic mass is 9.76. The molecule has 0 saturated heterocycles. The number of rotatable bonds is 6. The molecule has 1 N–H and O–H groups in total. The van der Waals surface area contributed by atoms with Crippen molar-refractivity contribution in [3.05, 3.63) is 142 Å². The minimum Gasteiger partial charge on any atom is -0.338 e. The first kappa shape index (κ1) is 28.7. The summed E-state index contributed by atoms with van der Waals surface area (Å²) in [6, 6.07) is 15.3. The molecule has 0 bridgehead atoms. The van der Waals surface area contributed by atoms with Crippen LogP contribution in [0.25, 0.3) is 0 Å². The summed E-state index contributed by atoms with van der Waals surface area (Å²) in [5.41, 5.74) is -5.70. The summed E-state index contributed by atoms with van der Waals surface area (Å²) in [6.07, 6.45) is -10.1. The van der Waals surface area contributed by atoms with Crippen molar-refractivity contribution in [3.63, 3.8) is 0 Å².